The molecule has 0 N–H and O–H groups in total. The Morgan fingerprint density at radius 2 is 0.738 bits per heavy atom. The van der Waals surface area contributed by atoms with Crippen LogP contribution in [0.4, 0.5) is 0 Å². The van der Waals surface area contributed by atoms with Gasteiger partial charge in [-0.2, -0.15) is 0 Å². The lowest BCUT2D eigenvalue weighted by Gasteiger charge is -2.08. The van der Waals surface area contributed by atoms with E-state index >= 15 is 0 Å². The number of hydrogen-bond donors (Lipinski definition) is 0. The minimum atomic E-state index is 0.638. The van der Waals surface area contributed by atoms with E-state index in [1.54, 1.807) is 0 Å². The van der Waals surface area contributed by atoms with Crippen LogP contribution in [0.5, 0.6) is 0 Å². The fourth-order valence-corrected chi connectivity index (χ4v) is 6.61. The van der Waals surface area contributed by atoms with Crippen LogP contribution >= 0.6 is 0 Å². The highest BCUT2D eigenvalue weighted by Gasteiger charge is 2.11. The van der Waals surface area contributed by atoms with E-state index in [0.29, 0.717) is 6.04 Å². The van der Waals surface area contributed by atoms with Crippen LogP contribution in [0.15, 0.2) is 18.7 Å². The third kappa shape index (κ3) is 25.7. The first-order valence-electron chi connectivity index (χ1n) is 19.8. The van der Waals surface area contributed by atoms with Gasteiger partial charge in [0.15, 0.2) is 0 Å². The van der Waals surface area contributed by atoms with Crippen LogP contribution in [0.2, 0.25) is 0 Å². The highest BCUT2D eigenvalue weighted by atomic mass is 15.1. The van der Waals surface area contributed by atoms with Gasteiger partial charge in [-0.05, 0) is 32.6 Å². The summed E-state index contributed by atoms with van der Waals surface area (Å²) in [5.41, 5.74) is 0. The van der Waals surface area contributed by atoms with Gasteiger partial charge in [-0.1, -0.05) is 194 Å². The van der Waals surface area contributed by atoms with Gasteiger partial charge < -0.3 is 0 Å². The second-order valence-electron chi connectivity index (χ2n) is 14.0. The maximum Gasteiger partial charge on any atom is 0.243 e. The monoisotopic (exact) mass is 588 g/mol. The molecule has 1 heterocycles. The van der Waals surface area contributed by atoms with Gasteiger partial charge in [0.1, 0.15) is 12.4 Å². The summed E-state index contributed by atoms with van der Waals surface area (Å²) in [5.74, 6) is 0. The molecule has 42 heavy (non-hydrogen) atoms. The Bertz CT molecular complexity index is 635. The van der Waals surface area contributed by atoms with Crippen LogP contribution < -0.4 is 4.57 Å². The third-order valence-corrected chi connectivity index (χ3v) is 9.72. The van der Waals surface area contributed by atoms with Gasteiger partial charge in [-0.15, -0.1) is 0 Å². The number of aryl methyl sites for hydroxylation is 1. The Morgan fingerprint density at radius 3 is 1.10 bits per heavy atom. The first-order valence-corrected chi connectivity index (χ1v) is 19.8. The molecule has 0 radical (unpaired) electrons. The van der Waals surface area contributed by atoms with Crippen molar-refractivity contribution in [1.29, 1.82) is 0 Å². The average Bonchev–Trinajstić information content (AvgIpc) is 3.48. The second kappa shape index (κ2) is 31.6. The van der Waals surface area contributed by atoms with E-state index in [0.717, 1.165) is 0 Å². The molecule has 2 heteroatoms. The molecular weight excluding hydrogens is 508 g/mol. The molecule has 0 spiro atoms. The Labute approximate surface area is 266 Å². The van der Waals surface area contributed by atoms with Crippen molar-refractivity contribution in [2.75, 3.05) is 0 Å². The molecule has 0 aromatic carbocycles. The zero-order valence-corrected chi connectivity index (χ0v) is 29.5. The normalized spacial score (nSPS) is 12.4. The van der Waals surface area contributed by atoms with Crippen molar-refractivity contribution in [3.8, 4) is 0 Å². The molecule has 0 bridgehead atoms. The maximum atomic E-state index is 2.45. The molecular formula is C40H79N2+. The Kier molecular flexibility index (Phi) is 29.5. The number of nitrogens with zero attached hydrogens (tertiary/aromatic N) is 2. The average molecular weight is 588 g/mol. The molecule has 0 fully saturated rings. The predicted molar refractivity (Wildman–Crippen MR) is 188 cm³/mol. The fraction of sp³-hybridized carbons (Fsp3) is 0.925. The van der Waals surface area contributed by atoms with Crippen molar-refractivity contribution >= 4 is 0 Å². The molecule has 1 atom stereocenters. The van der Waals surface area contributed by atoms with Gasteiger partial charge in [-0.25, -0.2) is 9.13 Å². The van der Waals surface area contributed by atoms with Crippen LogP contribution in [-0.4, -0.2) is 4.57 Å². The van der Waals surface area contributed by atoms with Crippen LogP contribution in [0, 0.1) is 0 Å². The summed E-state index contributed by atoms with van der Waals surface area (Å²) in [6.07, 6.45) is 53.1. The quantitative estimate of drug-likeness (QED) is 0.0560. The van der Waals surface area contributed by atoms with Gasteiger partial charge in [-0.3, -0.25) is 0 Å². The summed E-state index contributed by atoms with van der Waals surface area (Å²) in [6.45, 7) is 8.21. The molecule has 1 unspecified atom stereocenters. The minimum Gasteiger partial charge on any atom is -0.237 e. The van der Waals surface area contributed by atoms with E-state index in [-0.39, 0.29) is 0 Å². The summed E-state index contributed by atoms with van der Waals surface area (Å²) >= 11 is 0. The van der Waals surface area contributed by atoms with Gasteiger partial charge in [0.05, 0.1) is 12.6 Å². The zero-order chi connectivity index (χ0) is 30.2. The zero-order valence-electron chi connectivity index (χ0n) is 29.5. The molecule has 0 saturated carbocycles. The smallest absolute Gasteiger partial charge is 0.237 e. The van der Waals surface area contributed by atoms with Crippen LogP contribution in [-0.2, 0) is 6.54 Å². The van der Waals surface area contributed by atoms with E-state index in [1.165, 1.54) is 212 Å². The van der Waals surface area contributed by atoms with Crippen LogP contribution in [0.25, 0.3) is 0 Å². The van der Waals surface area contributed by atoms with Gasteiger partial charge in [0.2, 0.25) is 6.33 Å². The van der Waals surface area contributed by atoms with Crippen molar-refractivity contribution in [1.82, 2.24) is 4.57 Å². The highest BCUT2D eigenvalue weighted by molar-refractivity contribution is 4.72. The van der Waals surface area contributed by atoms with Crippen molar-refractivity contribution in [3.05, 3.63) is 18.7 Å². The molecule has 0 saturated heterocycles. The molecule has 0 aliphatic carbocycles. The summed E-state index contributed by atoms with van der Waals surface area (Å²) in [7, 11) is 0. The maximum absolute atomic E-state index is 2.45. The van der Waals surface area contributed by atoms with Crippen molar-refractivity contribution < 1.29 is 4.57 Å². The Balaban J connectivity index is 1.85. The Hall–Kier alpha value is -0.790. The first kappa shape index (κ1) is 39.2. The summed E-state index contributed by atoms with van der Waals surface area (Å²) < 4.78 is 4.88. The molecule has 1 aromatic rings. The van der Waals surface area contributed by atoms with Gasteiger partial charge in [0, 0.05) is 0 Å². The topological polar surface area (TPSA) is 8.81 Å². The number of hydrogen-bond acceptors (Lipinski definition) is 0. The van der Waals surface area contributed by atoms with Crippen LogP contribution in [0.1, 0.15) is 232 Å². The number of aromatic nitrogens is 2. The molecule has 1 rings (SSSR count). The van der Waals surface area contributed by atoms with Crippen LogP contribution in [0.3, 0.4) is 0 Å². The molecule has 0 aliphatic heterocycles. The number of rotatable bonds is 34. The lowest BCUT2D eigenvalue weighted by Crippen LogP contribution is -2.31. The van der Waals surface area contributed by atoms with E-state index in [4.69, 9.17) is 0 Å². The predicted octanol–water partition coefficient (Wildman–Crippen LogP) is 13.9. The highest BCUT2D eigenvalue weighted by Crippen LogP contribution is 2.18. The van der Waals surface area contributed by atoms with E-state index in [9.17, 15) is 0 Å². The van der Waals surface area contributed by atoms with Crippen molar-refractivity contribution in [2.24, 2.45) is 0 Å². The largest absolute Gasteiger partial charge is 0.243 e. The number of unbranched alkanes of at least 4 members (excludes halogenated alkanes) is 29. The van der Waals surface area contributed by atoms with E-state index in [2.05, 4.69) is 48.6 Å². The lowest BCUT2D eigenvalue weighted by atomic mass is 10.0. The molecule has 248 valence electrons. The fourth-order valence-electron chi connectivity index (χ4n) is 6.61. The lowest BCUT2D eigenvalue weighted by molar-refractivity contribution is -0.697. The van der Waals surface area contributed by atoms with E-state index in [1.807, 2.05) is 0 Å². The van der Waals surface area contributed by atoms with Crippen molar-refractivity contribution in [2.45, 2.75) is 239 Å². The summed E-state index contributed by atoms with van der Waals surface area (Å²) in [5, 5.41) is 0. The summed E-state index contributed by atoms with van der Waals surface area (Å²) in [6, 6.07) is 0.638. The Morgan fingerprint density at radius 1 is 0.429 bits per heavy atom. The molecule has 0 aliphatic rings. The van der Waals surface area contributed by atoms with Crippen molar-refractivity contribution in [3.63, 3.8) is 0 Å². The SMILES string of the molecule is CCCCCCCCCCCCCCCCCC[n+]1ccn(C(C)CCCCCCCCCCCCCCCCC)c1. The summed E-state index contributed by atoms with van der Waals surface area (Å²) in [4.78, 5) is 0. The van der Waals surface area contributed by atoms with Gasteiger partial charge >= 0.3 is 0 Å². The number of imidazole rings is 1. The molecule has 2 nitrogen and oxygen atoms in total. The minimum absolute atomic E-state index is 0.638. The van der Waals surface area contributed by atoms with E-state index < -0.39 is 0 Å². The standard InChI is InChI=1S/C40H79N2/c1-4-6-8-10-12-14-16-18-20-22-24-26-28-30-32-34-36-41-37-38-42(39-41)40(3)35-33-31-29-27-25-23-21-19-17-15-13-11-9-7-5-2/h37-40H,4-36H2,1-3H3/q+1. The molecule has 1 aromatic heterocycles. The third-order valence-electron chi connectivity index (χ3n) is 9.72. The van der Waals surface area contributed by atoms with Gasteiger partial charge in [0.25, 0.3) is 0 Å². The second-order valence-corrected chi connectivity index (χ2v) is 14.0. The molecule has 0 amide bonds. The first-order chi connectivity index (χ1) is 20.8.